The van der Waals surface area contributed by atoms with Gasteiger partial charge in [0.25, 0.3) is 0 Å². The molecule has 84 valence electrons. The Balaban J connectivity index is 3.18. The Morgan fingerprint density at radius 2 is 2.00 bits per heavy atom. The predicted octanol–water partition coefficient (Wildman–Crippen LogP) is 2.39. The maximum Gasteiger partial charge on any atom is 0.332 e. The molecule has 0 atom stereocenters. The van der Waals surface area contributed by atoms with E-state index in [1.807, 2.05) is 6.92 Å². The first kappa shape index (κ1) is 13.4. The van der Waals surface area contributed by atoms with Gasteiger partial charge in [-0.25, -0.2) is 4.79 Å². The predicted molar refractivity (Wildman–Crippen MR) is 56.1 cm³/mol. The lowest BCUT2D eigenvalue weighted by atomic mass is 10.1. The second-order valence-electron chi connectivity index (χ2n) is 3.81. The Labute approximate surface area is 86.8 Å². The monoisotopic (exact) mass is 202 g/mol. The fourth-order valence-electron chi connectivity index (χ4n) is 1.02. The molecule has 0 aromatic carbocycles. The summed E-state index contributed by atoms with van der Waals surface area (Å²) < 4.78 is 10.0. The van der Waals surface area contributed by atoms with Crippen molar-refractivity contribution < 1.29 is 14.3 Å². The highest BCUT2D eigenvalue weighted by Gasteiger charge is 2.02. The Morgan fingerprint density at radius 3 is 2.57 bits per heavy atom. The number of hydrogen-bond donors (Lipinski definition) is 0. The van der Waals surface area contributed by atoms with Crippen LogP contribution in [0.5, 0.6) is 0 Å². The van der Waals surface area contributed by atoms with Crippen LogP contribution in [0.4, 0.5) is 0 Å². The van der Waals surface area contributed by atoms with Crippen LogP contribution in [0.2, 0.25) is 0 Å². The van der Waals surface area contributed by atoms with Gasteiger partial charge in [0.15, 0.2) is 0 Å². The highest BCUT2D eigenvalue weighted by atomic mass is 16.6. The average molecular weight is 202 g/mol. The first-order chi connectivity index (χ1) is 6.66. The molecule has 0 aliphatic heterocycles. The molecule has 0 fully saturated rings. The minimum absolute atomic E-state index is 0.0928. The van der Waals surface area contributed by atoms with Gasteiger partial charge in [-0.15, -0.1) is 0 Å². The topological polar surface area (TPSA) is 35.5 Å². The van der Waals surface area contributed by atoms with E-state index in [0.29, 0.717) is 19.1 Å². The van der Waals surface area contributed by atoms with Crippen molar-refractivity contribution in [2.75, 3.05) is 19.8 Å². The second-order valence-corrected chi connectivity index (χ2v) is 3.81. The van der Waals surface area contributed by atoms with Crippen molar-refractivity contribution in [3.8, 4) is 0 Å². The number of rotatable bonds is 8. The summed E-state index contributed by atoms with van der Waals surface area (Å²) in [5, 5.41) is 0. The van der Waals surface area contributed by atoms with E-state index in [-0.39, 0.29) is 12.6 Å². The smallest absolute Gasteiger partial charge is 0.332 e. The first-order valence-electron chi connectivity index (χ1n) is 5.40. The Morgan fingerprint density at radius 1 is 1.29 bits per heavy atom. The van der Waals surface area contributed by atoms with Crippen LogP contribution < -0.4 is 0 Å². The molecule has 0 spiro atoms. The van der Waals surface area contributed by atoms with Gasteiger partial charge in [0.05, 0.1) is 6.61 Å². The molecule has 0 amide bonds. The summed E-state index contributed by atoms with van der Waals surface area (Å²) in [6.07, 6.45) is 2.97. The fraction of sp³-hybridized carbons (Fsp3) is 0.909. The summed E-state index contributed by atoms with van der Waals surface area (Å²) in [6.45, 7) is 7.56. The number of carbonyl (C=O) groups is 1. The molecule has 3 nitrogen and oxygen atoms in total. The van der Waals surface area contributed by atoms with Crippen molar-refractivity contribution in [2.45, 2.75) is 40.0 Å². The molecule has 0 heterocycles. The summed E-state index contributed by atoms with van der Waals surface area (Å²) in [5.41, 5.74) is 0. The van der Waals surface area contributed by atoms with Gasteiger partial charge in [-0.05, 0) is 25.2 Å². The minimum atomic E-state index is -0.248. The number of hydrogen-bond acceptors (Lipinski definition) is 3. The van der Waals surface area contributed by atoms with E-state index < -0.39 is 0 Å². The summed E-state index contributed by atoms with van der Waals surface area (Å²) >= 11 is 0. The van der Waals surface area contributed by atoms with Gasteiger partial charge in [-0.1, -0.05) is 20.8 Å². The van der Waals surface area contributed by atoms with E-state index in [2.05, 4.69) is 13.8 Å². The van der Waals surface area contributed by atoms with Crippen LogP contribution in [0.15, 0.2) is 0 Å². The molecular formula is C11H22O3. The molecule has 0 aliphatic rings. The van der Waals surface area contributed by atoms with Gasteiger partial charge in [0, 0.05) is 6.61 Å². The van der Waals surface area contributed by atoms with Gasteiger partial charge in [-0.2, -0.15) is 0 Å². The van der Waals surface area contributed by atoms with Crippen molar-refractivity contribution in [3.05, 3.63) is 0 Å². The van der Waals surface area contributed by atoms with Gasteiger partial charge in [-0.3, -0.25) is 0 Å². The number of ether oxygens (including phenoxy) is 2. The molecule has 0 saturated carbocycles. The molecule has 0 aromatic rings. The second kappa shape index (κ2) is 9.00. The van der Waals surface area contributed by atoms with E-state index in [1.165, 1.54) is 0 Å². The third-order valence-electron chi connectivity index (χ3n) is 1.76. The van der Waals surface area contributed by atoms with E-state index in [0.717, 1.165) is 19.3 Å². The zero-order valence-electron chi connectivity index (χ0n) is 9.54. The van der Waals surface area contributed by atoms with E-state index in [9.17, 15) is 4.79 Å². The standard InChI is InChI=1S/C11H22O3/c1-4-7-13-9-11(12)14-8-5-6-10(2)3/h10H,4-9H2,1-3H3. The fourth-order valence-corrected chi connectivity index (χ4v) is 1.02. The lowest BCUT2D eigenvalue weighted by Gasteiger charge is -2.06. The van der Waals surface area contributed by atoms with Crippen LogP contribution in [-0.2, 0) is 14.3 Å². The maximum atomic E-state index is 11.0. The zero-order valence-corrected chi connectivity index (χ0v) is 9.54. The molecule has 0 rings (SSSR count). The lowest BCUT2D eigenvalue weighted by Crippen LogP contribution is -2.14. The normalized spacial score (nSPS) is 10.6. The maximum absolute atomic E-state index is 11.0. The number of esters is 1. The molecule has 0 bridgehead atoms. The third kappa shape index (κ3) is 9.52. The van der Waals surface area contributed by atoms with Crippen LogP contribution in [0.3, 0.4) is 0 Å². The van der Waals surface area contributed by atoms with Crippen LogP contribution in [0.25, 0.3) is 0 Å². The van der Waals surface area contributed by atoms with Gasteiger partial charge in [0.2, 0.25) is 0 Å². The number of carbonyl (C=O) groups excluding carboxylic acids is 1. The Kier molecular flexibility index (Phi) is 8.64. The zero-order chi connectivity index (χ0) is 10.8. The largest absolute Gasteiger partial charge is 0.464 e. The molecule has 3 heteroatoms. The molecule has 0 N–H and O–H groups in total. The summed E-state index contributed by atoms with van der Waals surface area (Å²) in [6, 6.07) is 0. The summed E-state index contributed by atoms with van der Waals surface area (Å²) in [5.74, 6) is 0.423. The van der Waals surface area contributed by atoms with Crippen LogP contribution in [0, 0.1) is 5.92 Å². The van der Waals surface area contributed by atoms with Crippen LogP contribution in [-0.4, -0.2) is 25.8 Å². The van der Waals surface area contributed by atoms with E-state index >= 15 is 0 Å². The Hall–Kier alpha value is -0.570. The van der Waals surface area contributed by atoms with Crippen molar-refractivity contribution in [1.29, 1.82) is 0 Å². The van der Waals surface area contributed by atoms with Crippen molar-refractivity contribution in [3.63, 3.8) is 0 Å². The molecule has 0 saturated heterocycles. The van der Waals surface area contributed by atoms with Crippen LogP contribution >= 0.6 is 0 Å². The molecule has 0 radical (unpaired) electrons. The van der Waals surface area contributed by atoms with Gasteiger partial charge in [0.1, 0.15) is 6.61 Å². The van der Waals surface area contributed by atoms with E-state index in [1.54, 1.807) is 0 Å². The molecule has 0 aliphatic carbocycles. The van der Waals surface area contributed by atoms with Crippen molar-refractivity contribution in [1.82, 2.24) is 0 Å². The molecule has 14 heavy (non-hydrogen) atoms. The Bertz CT molecular complexity index is 143. The highest BCUT2D eigenvalue weighted by molar-refractivity contribution is 5.70. The van der Waals surface area contributed by atoms with E-state index in [4.69, 9.17) is 9.47 Å². The molecule has 0 aromatic heterocycles. The summed E-state index contributed by atoms with van der Waals surface area (Å²) in [4.78, 5) is 11.0. The third-order valence-corrected chi connectivity index (χ3v) is 1.76. The van der Waals surface area contributed by atoms with Crippen molar-refractivity contribution in [2.24, 2.45) is 5.92 Å². The SMILES string of the molecule is CCCOCC(=O)OCCCC(C)C. The summed E-state index contributed by atoms with van der Waals surface area (Å²) in [7, 11) is 0. The molecular weight excluding hydrogens is 180 g/mol. The van der Waals surface area contributed by atoms with Gasteiger partial charge >= 0.3 is 5.97 Å². The quantitative estimate of drug-likeness (QED) is 0.448. The van der Waals surface area contributed by atoms with Crippen molar-refractivity contribution >= 4 is 5.97 Å². The van der Waals surface area contributed by atoms with Crippen LogP contribution in [0.1, 0.15) is 40.0 Å². The first-order valence-corrected chi connectivity index (χ1v) is 5.40. The molecule has 0 unspecified atom stereocenters. The van der Waals surface area contributed by atoms with Gasteiger partial charge < -0.3 is 9.47 Å². The average Bonchev–Trinajstić information content (AvgIpc) is 2.13. The highest BCUT2D eigenvalue weighted by Crippen LogP contribution is 2.03. The lowest BCUT2D eigenvalue weighted by molar-refractivity contribution is -0.149. The minimum Gasteiger partial charge on any atom is -0.464 e.